The van der Waals surface area contributed by atoms with E-state index in [-0.39, 0.29) is 17.9 Å². The molecule has 5 nitrogen and oxygen atoms in total. The summed E-state index contributed by atoms with van der Waals surface area (Å²) in [6.45, 7) is 5.76. The molecule has 0 spiro atoms. The molecule has 0 bridgehead atoms. The molecule has 0 unspecified atom stereocenters. The van der Waals surface area contributed by atoms with Crippen molar-refractivity contribution in [2.24, 2.45) is 5.92 Å². The zero-order chi connectivity index (χ0) is 13.7. The van der Waals surface area contributed by atoms with Gasteiger partial charge in [-0.05, 0) is 32.3 Å². The summed E-state index contributed by atoms with van der Waals surface area (Å²) in [5.74, 6) is 0.935. The van der Waals surface area contributed by atoms with E-state index in [2.05, 4.69) is 27.1 Å². The quantitative estimate of drug-likeness (QED) is 0.895. The van der Waals surface area contributed by atoms with Crippen molar-refractivity contribution in [1.29, 1.82) is 0 Å². The van der Waals surface area contributed by atoms with E-state index >= 15 is 0 Å². The molecule has 5 heteroatoms. The van der Waals surface area contributed by atoms with Crippen molar-refractivity contribution in [2.45, 2.75) is 39.2 Å². The van der Waals surface area contributed by atoms with Crippen LogP contribution >= 0.6 is 0 Å². The number of piperidine rings is 1. The number of nitrogens with one attached hydrogen (secondary N) is 1. The van der Waals surface area contributed by atoms with Crippen LogP contribution in [0.1, 0.15) is 33.1 Å². The van der Waals surface area contributed by atoms with Crippen LogP contribution in [0.15, 0.2) is 18.5 Å². The second-order valence-electron chi connectivity index (χ2n) is 5.15. The SMILES string of the molecule is CC[C@@H](C)NC(=O)[C@H]1CCCN(c2ncccn2)C1. The second kappa shape index (κ2) is 6.50. The molecule has 1 saturated heterocycles. The van der Waals surface area contributed by atoms with Gasteiger partial charge in [0.25, 0.3) is 0 Å². The van der Waals surface area contributed by atoms with Gasteiger partial charge in [0.2, 0.25) is 11.9 Å². The standard InChI is InChI=1S/C14H22N4O/c1-3-11(2)17-13(19)12-6-4-9-18(10-12)14-15-7-5-8-16-14/h5,7-8,11-12H,3-4,6,9-10H2,1-2H3,(H,17,19)/t11-,12+/m1/s1. The fraction of sp³-hybridized carbons (Fsp3) is 0.643. The Morgan fingerprint density at radius 2 is 2.26 bits per heavy atom. The molecule has 1 aliphatic rings. The first-order valence-electron chi connectivity index (χ1n) is 7.03. The highest BCUT2D eigenvalue weighted by Gasteiger charge is 2.27. The Balaban J connectivity index is 1.95. The van der Waals surface area contributed by atoms with Gasteiger partial charge < -0.3 is 10.2 Å². The lowest BCUT2D eigenvalue weighted by Crippen LogP contribution is -2.45. The highest BCUT2D eigenvalue weighted by Crippen LogP contribution is 2.20. The number of rotatable bonds is 4. The Morgan fingerprint density at radius 1 is 1.53 bits per heavy atom. The molecule has 0 aliphatic carbocycles. The van der Waals surface area contributed by atoms with E-state index in [1.165, 1.54) is 0 Å². The molecule has 2 heterocycles. The summed E-state index contributed by atoms with van der Waals surface area (Å²) in [6, 6.07) is 2.05. The van der Waals surface area contributed by atoms with E-state index in [9.17, 15) is 4.79 Å². The van der Waals surface area contributed by atoms with Crippen molar-refractivity contribution in [2.75, 3.05) is 18.0 Å². The molecular formula is C14H22N4O. The molecule has 2 rings (SSSR count). The number of carbonyl (C=O) groups excluding carboxylic acids is 1. The van der Waals surface area contributed by atoms with E-state index < -0.39 is 0 Å². The van der Waals surface area contributed by atoms with E-state index in [1.54, 1.807) is 18.5 Å². The summed E-state index contributed by atoms with van der Waals surface area (Å²) in [5, 5.41) is 3.06. The van der Waals surface area contributed by atoms with Crippen LogP contribution in [-0.4, -0.2) is 35.0 Å². The van der Waals surface area contributed by atoms with E-state index in [0.29, 0.717) is 6.54 Å². The first-order valence-corrected chi connectivity index (χ1v) is 7.03. The molecule has 1 fully saturated rings. The minimum atomic E-state index is 0.0477. The van der Waals surface area contributed by atoms with Crippen LogP contribution in [0.2, 0.25) is 0 Å². The minimum Gasteiger partial charge on any atom is -0.353 e. The molecule has 1 aromatic heterocycles. The third-order valence-corrected chi connectivity index (χ3v) is 3.63. The van der Waals surface area contributed by atoms with E-state index in [0.717, 1.165) is 31.8 Å². The summed E-state index contributed by atoms with van der Waals surface area (Å²) in [7, 11) is 0. The molecule has 104 valence electrons. The van der Waals surface area contributed by atoms with Crippen LogP contribution in [-0.2, 0) is 4.79 Å². The number of nitrogens with zero attached hydrogens (tertiary/aromatic N) is 3. The van der Waals surface area contributed by atoms with Gasteiger partial charge in [0.15, 0.2) is 0 Å². The second-order valence-corrected chi connectivity index (χ2v) is 5.15. The number of carbonyl (C=O) groups is 1. The fourth-order valence-corrected chi connectivity index (χ4v) is 2.29. The van der Waals surface area contributed by atoms with Crippen molar-refractivity contribution in [3.8, 4) is 0 Å². The van der Waals surface area contributed by atoms with Crippen molar-refractivity contribution in [1.82, 2.24) is 15.3 Å². The molecule has 0 radical (unpaired) electrons. The third-order valence-electron chi connectivity index (χ3n) is 3.63. The molecule has 1 amide bonds. The van der Waals surface area contributed by atoms with Crippen LogP contribution in [0, 0.1) is 5.92 Å². The summed E-state index contributed by atoms with van der Waals surface area (Å²) >= 11 is 0. The minimum absolute atomic E-state index is 0.0477. The van der Waals surface area contributed by atoms with E-state index in [4.69, 9.17) is 0 Å². The Bertz CT molecular complexity index is 409. The van der Waals surface area contributed by atoms with Crippen LogP contribution < -0.4 is 10.2 Å². The average molecular weight is 262 g/mol. The number of amides is 1. The topological polar surface area (TPSA) is 58.1 Å². The van der Waals surface area contributed by atoms with E-state index in [1.807, 2.05) is 6.92 Å². The van der Waals surface area contributed by atoms with Crippen LogP contribution in [0.5, 0.6) is 0 Å². The lowest BCUT2D eigenvalue weighted by Gasteiger charge is -2.32. The average Bonchev–Trinajstić information content (AvgIpc) is 2.48. The van der Waals surface area contributed by atoms with Gasteiger partial charge in [0.1, 0.15) is 0 Å². The van der Waals surface area contributed by atoms with Gasteiger partial charge >= 0.3 is 0 Å². The Morgan fingerprint density at radius 3 is 2.95 bits per heavy atom. The molecule has 1 aliphatic heterocycles. The summed E-state index contributed by atoms with van der Waals surface area (Å²) < 4.78 is 0. The first-order chi connectivity index (χ1) is 9.20. The van der Waals surface area contributed by atoms with Gasteiger partial charge in [0, 0.05) is 31.5 Å². The van der Waals surface area contributed by atoms with Gasteiger partial charge in [-0.1, -0.05) is 6.92 Å². The van der Waals surface area contributed by atoms with Gasteiger partial charge in [-0.15, -0.1) is 0 Å². The maximum Gasteiger partial charge on any atom is 0.225 e. The molecule has 19 heavy (non-hydrogen) atoms. The lowest BCUT2D eigenvalue weighted by atomic mass is 9.97. The maximum atomic E-state index is 12.2. The molecule has 1 aromatic rings. The largest absolute Gasteiger partial charge is 0.353 e. The lowest BCUT2D eigenvalue weighted by molar-refractivity contribution is -0.125. The highest BCUT2D eigenvalue weighted by atomic mass is 16.2. The Hall–Kier alpha value is -1.65. The smallest absolute Gasteiger partial charge is 0.225 e. The Kier molecular flexibility index (Phi) is 4.71. The van der Waals surface area contributed by atoms with Gasteiger partial charge in [-0.2, -0.15) is 0 Å². The van der Waals surface area contributed by atoms with Crippen molar-refractivity contribution in [3.05, 3.63) is 18.5 Å². The molecular weight excluding hydrogens is 240 g/mol. The predicted molar refractivity (Wildman–Crippen MR) is 74.9 cm³/mol. The number of aromatic nitrogens is 2. The van der Waals surface area contributed by atoms with Crippen molar-refractivity contribution < 1.29 is 4.79 Å². The molecule has 1 N–H and O–H groups in total. The van der Waals surface area contributed by atoms with Crippen molar-refractivity contribution in [3.63, 3.8) is 0 Å². The highest BCUT2D eigenvalue weighted by molar-refractivity contribution is 5.79. The zero-order valence-electron chi connectivity index (χ0n) is 11.7. The summed E-state index contributed by atoms with van der Waals surface area (Å²) in [4.78, 5) is 22.8. The number of hydrogen-bond donors (Lipinski definition) is 1. The Labute approximate surface area is 114 Å². The van der Waals surface area contributed by atoms with Gasteiger partial charge in [-0.3, -0.25) is 4.79 Å². The van der Waals surface area contributed by atoms with Crippen LogP contribution in [0.25, 0.3) is 0 Å². The normalized spacial score (nSPS) is 20.9. The fourth-order valence-electron chi connectivity index (χ4n) is 2.29. The predicted octanol–water partition coefficient (Wildman–Crippen LogP) is 1.61. The first kappa shape index (κ1) is 13.8. The van der Waals surface area contributed by atoms with Gasteiger partial charge in [0.05, 0.1) is 5.92 Å². The maximum absolute atomic E-state index is 12.2. The summed E-state index contributed by atoms with van der Waals surface area (Å²) in [5.41, 5.74) is 0. The third kappa shape index (κ3) is 3.66. The van der Waals surface area contributed by atoms with Crippen LogP contribution in [0.3, 0.4) is 0 Å². The zero-order valence-corrected chi connectivity index (χ0v) is 11.7. The van der Waals surface area contributed by atoms with Gasteiger partial charge in [-0.25, -0.2) is 9.97 Å². The number of hydrogen-bond acceptors (Lipinski definition) is 4. The molecule has 2 atom stereocenters. The van der Waals surface area contributed by atoms with Crippen molar-refractivity contribution >= 4 is 11.9 Å². The van der Waals surface area contributed by atoms with Crippen LogP contribution in [0.4, 0.5) is 5.95 Å². The summed E-state index contributed by atoms with van der Waals surface area (Å²) in [6.07, 6.45) is 6.41. The molecule has 0 saturated carbocycles. The number of anilines is 1. The monoisotopic (exact) mass is 262 g/mol. The molecule has 0 aromatic carbocycles.